The quantitative estimate of drug-likeness (QED) is 0.292. The molecule has 2 heteroatoms. The van der Waals surface area contributed by atoms with Crippen LogP contribution in [0.4, 0.5) is 0 Å². The van der Waals surface area contributed by atoms with Crippen LogP contribution in [0.1, 0.15) is 0 Å². The average molecular weight is 473 g/mol. The van der Waals surface area contributed by atoms with E-state index in [9.17, 15) is 0 Å². The van der Waals surface area contributed by atoms with Gasteiger partial charge in [0.05, 0.1) is 0 Å². The van der Waals surface area contributed by atoms with Crippen LogP contribution in [0.5, 0.6) is 0 Å². The maximum atomic E-state index is 2.89. The van der Waals surface area contributed by atoms with Crippen molar-refractivity contribution in [3.63, 3.8) is 0 Å². The van der Waals surface area contributed by atoms with E-state index in [0.29, 0.717) is 0 Å². The summed E-state index contributed by atoms with van der Waals surface area (Å²) in [4.78, 5) is 0. The van der Waals surface area contributed by atoms with Crippen molar-refractivity contribution in [2.75, 3.05) is 0 Å². The predicted octanol–water partition coefficient (Wildman–Crippen LogP) is 4.44. The second kappa shape index (κ2) is 27.9. The van der Waals surface area contributed by atoms with Gasteiger partial charge in [0.15, 0.2) is 0 Å². The molecule has 0 unspecified atom stereocenters. The van der Waals surface area contributed by atoms with Crippen LogP contribution in [0.3, 0.4) is 0 Å². The summed E-state index contributed by atoms with van der Waals surface area (Å²) < 4.78 is 0. The van der Waals surface area contributed by atoms with Gasteiger partial charge in [-0.1, -0.05) is 0 Å². The second-order valence-electron chi connectivity index (χ2n) is 5.39. The molecule has 0 atom stereocenters. The zero-order valence-electron chi connectivity index (χ0n) is 17.7. The molecule has 0 aliphatic rings. The summed E-state index contributed by atoms with van der Waals surface area (Å²) in [5.41, 5.74) is 0. The molecule has 0 radical (unpaired) electrons. The molecule has 0 amide bonds. The van der Waals surface area contributed by atoms with Crippen LogP contribution in [0.25, 0.3) is 0 Å². The molecular weight excluding hydrogens is 448 g/mol. The molecule has 0 aliphatic carbocycles. The van der Waals surface area contributed by atoms with Gasteiger partial charge in [-0.3, -0.25) is 0 Å². The third-order valence-corrected chi connectivity index (χ3v) is 3.04. The number of benzene rings is 5. The van der Waals surface area contributed by atoms with Gasteiger partial charge in [0.1, 0.15) is 0 Å². The fourth-order valence-corrected chi connectivity index (χ4v) is 1.71. The molecule has 5 rings (SSSR count). The van der Waals surface area contributed by atoms with E-state index in [1.165, 1.54) is 0 Å². The average Bonchev–Trinajstić information content (AvgIpc) is 2.91. The first-order chi connectivity index (χ1) is 15.0. The van der Waals surface area contributed by atoms with E-state index in [2.05, 4.69) is 30.3 Å². The summed E-state index contributed by atoms with van der Waals surface area (Å²) in [6.45, 7) is 0. The summed E-state index contributed by atoms with van der Waals surface area (Å²) in [5.74, 6) is 0. The molecule has 0 N–H and O–H groups in total. The summed E-state index contributed by atoms with van der Waals surface area (Å²) in [5, 5.41) is 0. The van der Waals surface area contributed by atoms with Crippen molar-refractivity contribution in [1.82, 2.24) is 0 Å². The second-order valence-corrected chi connectivity index (χ2v) is 5.39. The number of rotatable bonds is 0. The van der Waals surface area contributed by atoms with Gasteiger partial charge in [-0.25, -0.2) is 0 Å². The minimum Gasteiger partial charge on any atom is -1.00 e. The van der Waals surface area contributed by atoms with Crippen molar-refractivity contribution in [1.29, 1.82) is 0 Å². The van der Waals surface area contributed by atoms with Gasteiger partial charge in [-0.05, 0) is 0 Å². The van der Waals surface area contributed by atoms with Crippen molar-refractivity contribution >= 4 is 0 Å². The molecular formula is C30H25ClCr. The van der Waals surface area contributed by atoms with Crippen LogP contribution >= 0.6 is 0 Å². The molecule has 5 aromatic rings. The fourth-order valence-electron chi connectivity index (χ4n) is 1.71. The first-order valence-electron chi connectivity index (χ1n) is 9.55. The molecule has 32 heavy (non-hydrogen) atoms. The van der Waals surface area contributed by atoms with Crippen LogP contribution in [0.2, 0.25) is 0 Å². The molecule has 0 heterocycles. The largest absolute Gasteiger partial charge is 6.00 e. The molecule has 0 bridgehead atoms. The third-order valence-electron chi connectivity index (χ3n) is 3.04. The van der Waals surface area contributed by atoms with E-state index >= 15 is 0 Å². The van der Waals surface area contributed by atoms with E-state index in [4.69, 9.17) is 0 Å². The number of hydrogen-bond donors (Lipinski definition) is 0. The molecule has 0 spiro atoms. The Morgan fingerprint density at radius 3 is 0.375 bits per heavy atom. The van der Waals surface area contributed by atoms with Gasteiger partial charge in [-0.2, -0.15) is 182 Å². The Morgan fingerprint density at radius 2 is 0.344 bits per heavy atom. The van der Waals surface area contributed by atoms with Crippen LogP contribution in [-0.4, -0.2) is 0 Å². The van der Waals surface area contributed by atoms with Crippen LogP contribution < -0.4 is 12.4 Å². The maximum Gasteiger partial charge on any atom is 6.00 e. The Kier molecular flexibility index (Phi) is 27.1. The molecule has 158 valence electrons. The van der Waals surface area contributed by atoms with Crippen molar-refractivity contribution in [3.8, 4) is 0 Å². The van der Waals surface area contributed by atoms with E-state index in [0.717, 1.165) is 0 Å². The SMILES string of the molecule is [Cl-].[Cr+6].[c-]1ccccc1.[c-]1ccccc1.[c-]1ccccc1.[c-]1ccccc1.[c-]1ccccc1. The van der Waals surface area contributed by atoms with Crippen LogP contribution in [0.15, 0.2) is 152 Å². The van der Waals surface area contributed by atoms with Crippen molar-refractivity contribution < 1.29 is 29.8 Å². The van der Waals surface area contributed by atoms with E-state index in [1.54, 1.807) is 0 Å². The zero-order valence-corrected chi connectivity index (χ0v) is 19.8. The Labute approximate surface area is 211 Å². The smallest absolute Gasteiger partial charge is 1.00 e. The van der Waals surface area contributed by atoms with Gasteiger partial charge >= 0.3 is 17.4 Å². The minimum absolute atomic E-state index is 0. The van der Waals surface area contributed by atoms with E-state index in [-0.39, 0.29) is 29.8 Å². The van der Waals surface area contributed by atoms with Crippen molar-refractivity contribution in [2.24, 2.45) is 0 Å². The van der Waals surface area contributed by atoms with Gasteiger partial charge in [-0.15, -0.1) is 0 Å². The molecule has 0 aromatic heterocycles. The summed E-state index contributed by atoms with van der Waals surface area (Å²) >= 11 is 0. The molecule has 0 aliphatic heterocycles. The van der Waals surface area contributed by atoms with Gasteiger partial charge < -0.3 is 12.4 Å². The topological polar surface area (TPSA) is 0 Å². The Hall–Kier alpha value is -3.08. The first-order valence-corrected chi connectivity index (χ1v) is 9.55. The van der Waals surface area contributed by atoms with Crippen molar-refractivity contribution in [3.05, 3.63) is 182 Å². The number of hydrogen-bond acceptors (Lipinski definition) is 0. The molecule has 5 aromatic carbocycles. The van der Waals surface area contributed by atoms with E-state index in [1.807, 2.05) is 152 Å². The summed E-state index contributed by atoms with van der Waals surface area (Å²) in [6.07, 6.45) is 0. The monoisotopic (exact) mass is 472 g/mol. The third kappa shape index (κ3) is 25.0. The summed E-state index contributed by atoms with van der Waals surface area (Å²) in [7, 11) is 0. The predicted molar refractivity (Wildman–Crippen MR) is 126 cm³/mol. The Balaban J connectivity index is 0. The van der Waals surface area contributed by atoms with Gasteiger partial charge in [0, 0.05) is 0 Å². The Morgan fingerprint density at radius 1 is 0.219 bits per heavy atom. The van der Waals surface area contributed by atoms with Gasteiger partial charge in [0.2, 0.25) is 0 Å². The standard InChI is InChI=1S/5C6H5.ClH.Cr/c5*1-2-4-6-5-3-1;;/h5*1-5H;1H;/q5*-1;;+6/p-1. The maximum absolute atomic E-state index is 2.89. The Bertz CT molecular complexity index is 555. The molecule has 0 saturated heterocycles. The van der Waals surface area contributed by atoms with Crippen molar-refractivity contribution in [2.45, 2.75) is 0 Å². The molecule has 0 nitrogen and oxygen atoms in total. The van der Waals surface area contributed by atoms with Gasteiger partial charge in [0.25, 0.3) is 0 Å². The van der Waals surface area contributed by atoms with Crippen LogP contribution in [0, 0.1) is 30.3 Å². The zero-order chi connectivity index (χ0) is 21.2. The molecule has 0 fully saturated rings. The minimum atomic E-state index is 0. The van der Waals surface area contributed by atoms with Crippen LogP contribution in [-0.2, 0) is 17.4 Å². The van der Waals surface area contributed by atoms with E-state index < -0.39 is 0 Å². The number of halogens is 1. The fraction of sp³-hybridized carbons (Fsp3) is 0. The first kappa shape index (κ1) is 31.1. The normalized spacial score (nSPS) is 7.50. The summed E-state index contributed by atoms with van der Waals surface area (Å²) in [6, 6.07) is 62.5. The molecule has 0 saturated carbocycles.